The zero-order chi connectivity index (χ0) is 24.5. The quantitative estimate of drug-likeness (QED) is 0.293. The molecule has 1 atom stereocenters. The summed E-state index contributed by atoms with van der Waals surface area (Å²) in [7, 11) is 0. The van der Waals surface area contributed by atoms with Gasteiger partial charge in [0.15, 0.2) is 11.5 Å². The number of carbonyl (C=O) groups is 1. The van der Waals surface area contributed by atoms with Gasteiger partial charge >= 0.3 is 0 Å². The number of fused-ring (bicyclic) bond motifs is 2. The first-order chi connectivity index (χ1) is 17.7. The Bertz CT molecular complexity index is 1570. The van der Waals surface area contributed by atoms with Crippen LogP contribution < -0.4 is 14.8 Å². The van der Waals surface area contributed by atoms with Gasteiger partial charge < -0.3 is 14.8 Å². The summed E-state index contributed by atoms with van der Waals surface area (Å²) in [6.07, 6.45) is 0. The molecule has 0 aliphatic carbocycles. The summed E-state index contributed by atoms with van der Waals surface area (Å²) >= 11 is 6.13. The summed E-state index contributed by atoms with van der Waals surface area (Å²) in [6.45, 7) is 0.198. The van der Waals surface area contributed by atoms with E-state index in [1.54, 1.807) is 0 Å². The lowest BCUT2D eigenvalue weighted by molar-refractivity contribution is 0.0944. The number of hydrogen-bond donors (Lipinski definition) is 1. The number of benzene rings is 4. The first-order valence-corrected chi connectivity index (χ1v) is 11.9. The van der Waals surface area contributed by atoms with Crippen LogP contribution in [0.5, 0.6) is 11.5 Å². The number of amides is 1. The Labute approximate surface area is 213 Å². The van der Waals surface area contributed by atoms with E-state index < -0.39 is 0 Å². The zero-order valence-electron chi connectivity index (χ0n) is 19.1. The standard InChI is InChI=1S/C30H21ClN2O3/c31-22-13-10-20(11-14-22)29(19-6-2-1-3-7-19)33-30(34)24-17-26(32-25-9-5-4-8-23(24)25)21-12-15-27-28(16-21)36-18-35-27/h1-17,29H,18H2,(H,33,34)/t29-/m0/s1. The molecule has 1 N–H and O–H groups in total. The third-order valence-electron chi connectivity index (χ3n) is 6.24. The Morgan fingerprint density at radius 2 is 1.53 bits per heavy atom. The van der Waals surface area contributed by atoms with Crippen molar-refractivity contribution in [2.75, 3.05) is 6.79 Å². The molecule has 1 aliphatic heterocycles. The van der Waals surface area contributed by atoms with E-state index in [1.807, 2.05) is 103 Å². The summed E-state index contributed by atoms with van der Waals surface area (Å²) in [5.41, 5.74) is 4.72. The molecule has 5 nitrogen and oxygen atoms in total. The number of hydrogen-bond acceptors (Lipinski definition) is 4. The second-order valence-corrected chi connectivity index (χ2v) is 8.95. The van der Waals surface area contributed by atoms with Gasteiger partial charge in [-0.3, -0.25) is 4.79 Å². The molecule has 0 unspecified atom stereocenters. The van der Waals surface area contributed by atoms with Crippen molar-refractivity contribution in [1.82, 2.24) is 10.3 Å². The fourth-order valence-electron chi connectivity index (χ4n) is 4.44. The normalized spacial score (nSPS) is 12.9. The smallest absolute Gasteiger partial charge is 0.252 e. The van der Waals surface area contributed by atoms with Crippen LogP contribution in [0.15, 0.2) is 103 Å². The van der Waals surface area contributed by atoms with E-state index in [-0.39, 0.29) is 18.7 Å². The van der Waals surface area contributed by atoms with Gasteiger partial charge in [-0.1, -0.05) is 72.3 Å². The molecule has 36 heavy (non-hydrogen) atoms. The van der Waals surface area contributed by atoms with Crippen LogP contribution in [-0.4, -0.2) is 17.7 Å². The summed E-state index contributed by atoms with van der Waals surface area (Å²) in [5.74, 6) is 1.17. The number of halogens is 1. The highest BCUT2D eigenvalue weighted by Gasteiger charge is 2.21. The summed E-state index contributed by atoms with van der Waals surface area (Å²) in [5, 5.41) is 4.67. The molecule has 4 aromatic carbocycles. The SMILES string of the molecule is O=C(N[C@@H](c1ccccc1)c1ccc(Cl)cc1)c1cc(-c2ccc3c(c2)OCO3)nc2ccccc12. The molecular formula is C30H21ClN2O3. The topological polar surface area (TPSA) is 60.5 Å². The molecule has 0 saturated heterocycles. The van der Waals surface area contributed by atoms with E-state index in [0.717, 1.165) is 27.6 Å². The Balaban J connectivity index is 1.42. The number of aromatic nitrogens is 1. The van der Waals surface area contributed by atoms with E-state index in [2.05, 4.69) is 5.32 Å². The molecule has 0 saturated carbocycles. The largest absolute Gasteiger partial charge is 0.454 e. The molecule has 5 aromatic rings. The maximum absolute atomic E-state index is 13.8. The van der Waals surface area contributed by atoms with Crippen molar-refractivity contribution >= 4 is 28.4 Å². The fourth-order valence-corrected chi connectivity index (χ4v) is 4.56. The van der Waals surface area contributed by atoms with Gasteiger partial charge in [0.25, 0.3) is 5.91 Å². The van der Waals surface area contributed by atoms with Crippen LogP contribution in [0.2, 0.25) is 5.02 Å². The summed E-state index contributed by atoms with van der Waals surface area (Å²) in [6, 6.07) is 32.2. The second-order valence-electron chi connectivity index (χ2n) is 8.51. The molecule has 2 heterocycles. The Morgan fingerprint density at radius 3 is 2.36 bits per heavy atom. The molecular weight excluding hydrogens is 472 g/mol. The van der Waals surface area contributed by atoms with E-state index >= 15 is 0 Å². The molecule has 0 radical (unpaired) electrons. The van der Waals surface area contributed by atoms with Crippen molar-refractivity contribution in [2.24, 2.45) is 0 Å². The van der Waals surface area contributed by atoms with Gasteiger partial charge in [-0.2, -0.15) is 0 Å². The lowest BCUT2D eigenvalue weighted by atomic mass is 9.97. The average molecular weight is 493 g/mol. The molecule has 176 valence electrons. The highest BCUT2D eigenvalue weighted by molar-refractivity contribution is 6.30. The molecule has 6 heteroatoms. The van der Waals surface area contributed by atoms with Crippen molar-refractivity contribution in [3.63, 3.8) is 0 Å². The number of rotatable bonds is 5. The summed E-state index contributed by atoms with van der Waals surface area (Å²) in [4.78, 5) is 18.7. The van der Waals surface area contributed by atoms with Crippen LogP contribution >= 0.6 is 11.6 Å². The zero-order valence-corrected chi connectivity index (χ0v) is 19.9. The molecule has 1 aromatic heterocycles. The van der Waals surface area contributed by atoms with Gasteiger partial charge in [-0.15, -0.1) is 0 Å². The third-order valence-corrected chi connectivity index (χ3v) is 6.49. The molecule has 0 bridgehead atoms. The highest BCUT2D eigenvalue weighted by atomic mass is 35.5. The molecule has 6 rings (SSSR count). The third kappa shape index (κ3) is 4.25. The van der Waals surface area contributed by atoms with Gasteiger partial charge in [0.05, 0.1) is 22.8 Å². The second kappa shape index (κ2) is 9.36. The van der Waals surface area contributed by atoms with Gasteiger partial charge in [0.1, 0.15) is 0 Å². The lowest BCUT2D eigenvalue weighted by Crippen LogP contribution is -2.29. The van der Waals surface area contributed by atoms with E-state index in [0.29, 0.717) is 27.8 Å². The first kappa shape index (κ1) is 22.1. The molecule has 0 fully saturated rings. The van der Waals surface area contributed by atoms with Crippen molar-refractivity contribution in [3.8, 4) is 22.8 Å². The lowest BCUT2D eigenvalue weighted by Gasteiger charge is -2.21. The van der Waals surface area contributed by atoms with Crippen LogP contribution in [-0.2, 0) is 0 Å². The predicted octanol–water partition coefficient (Wildman–Crippen LogP) is 6.80. The number of carbonyl (C=O) groups excluding carboxylic acids is 1. The van der Waals surface area contributed by atoms with E-state index in [1.165, 1.54) is 0 Å². The van der Waals surface area contributed by atoms with Crippen molar-refractivity contribution in [2.45, 2.75) is 6.04 Å². The molecule has 1 amide bonds. The maximum atomic E-state index is 13.8. The van der Waals surface area contributed by atoms with Crippen LogP contribution in [0, 0.1) is 0 Å². The number of ether oxygens (including phenoxy) is 2. The minimum Gasteiger partial charge on any atom is -0.454 e. The Hall–Kier alpha value is -4.35. The maximum Gasteiger partial charge on any atom is 0.252 e. The van der Waals surface area contributed by atoms with Crippen molar-refractivity contribution in [1.29, 1.82) is 0 Å². The van der Waals surface area contributed by atoms with E-state index in [9.17, 15) is 4.79 Å². The van der Waals surface area contributed by atoms with E-state index in [4.69, 9.17) is 26.1 Å². The van der Waals surface area contributed by atoms with Crippen molar-refractivity contribution < 1.29 is 14.3 Å². The number of pyridine rings is 1. The Morgan fingerprint density at radius 1 is 0.806 bits per heavy atom. The number of para-hydroxylation sites is 1. The predicted molar refractivity (Wildman–Crippen MR) is 141 cm³/mol. The van der Waals surface area contributed by atoms with Gasteiger partial charge in [-0.25, -0.2) is 4.98 Å². The number of nitrogens with zero attached hydrogens (tertiary/aromatic N) is 1. The first-order valence-electron chi connectivity index (χ1n) is 11.6. The number of nitrogens with one attached hydrogen (secondary N) is 1. The van der Waals surface area contributed by atoms with Crippen LogP contribution in [0.4, 0.5) is 0 Å². The summed E-state index contributed by atoms with van der Waals surface area (Å²) < 4.78 is 11.0. The highest BCUT2D eigenvalue weighted by Crippen LogP contribution is 2.36. The molecule has 0 spiro atoms. The van der Waals surface area contributed by atoms with Gasteiger partial charge in [0, 0.05) is 16.0 Å². The van der Waals surface area contributed by atoms with Gasteiger partial charge in [0.2, 0.25) is 6.79 Å². The molecule has 1 aliphatic rings. The van der Waals surface area contributed by atoms with Crippen LogP contribution in [0.1, 0.15) is 27.5 Å². The minimum absolute atomic E-state index is 0.195. The fraction of sp³-hybridized carbons (Fsp3) is 0.0667. The van der Waals surface area contributed by atoms with Crippen molar-refractivity contribution in [3.05, 3.63) is 125 Å². The minimum atomic E-state index is -0.350. The Kier molecular flexibility index (Phi) is 5.76. The van der Waals surface area contributed by atoms with Gasteiger partial charge in [-0.05, 0) is 53.6 Å². The monoisotopic (exact) mass is 492 g/mol. The van der Waals surface area contributed by atoms with Crippen LogP contribution in [0.25, 0.3) is 22.2 Å². The van der Waals surface area contributed by atoms with Crippen LogP contribution in [0.3, 0.4) is 0 Å². The average Bonchev–Trinajstić information content (AvgIpc) is 3.40.